The van der Waals surface area contributed by atoms with E-state index in [1.165, 1.54) is 17.5 Å². The average Bonchev–Trinajstić information content (AvgIpc) is 2.73. The van der Waals surface area contributed by atoms with Crippen molar-refractivity contribution < 1.29 is 9.53 Å². The molecule has 138 valence electrons. The molecule has 1 aliphatic heterocycles. The van der Waals surface area contributed by atoms with Crippen molar-refractivity contribution >= 4 is 5.91 Å². The van der Waals surface area contributed by atoms with E-state index in [9.17, 15) is 4.79 Å². The second-order valence-electron chi connectivity index (χ2n) is 9.76. The molecule has 1 saturated carbocycles. The molecule has 2 bridgehead atoms. The van der Waals surface area contributed by atoms with Crippen LogP contribution in [0.25, 0.3) is 0 Å². The third-order valence-corrected chi connectivity index (χ3v) is 5.84. The van der Waals surface area contributed by atoms with Crippen molar-refractivity contribution in [3.8, 4) is 5.75 Å². The molecule has 1 aromatic carbocycles. The molecule has 1 aliphatic carbocycles. The van der Waals surface area contributed by atoms with Gasteiger partial charge in [0.15, 0.2) is 6.61 Å². The minimum Gasteiger partial charge on any atom is -0.484 e. The molecular weight excluding hydrogens is 310 g/mol. The van der Waals surface area contributed by atoms with Gasteiger partial charge in [0.2, 0.25) is 0 Å². The Labute approximate surface area is 152 Å². The van der Waals surface area contributed by atoms with Crippen molar-refractivity contribution in [3.05, 3.63) is 29.3 Å². The van der Waals surface area contributed by atoms with Crippen LogP contribution < -0.4 is 4.74 Å². The second-order valence-corrected chi connectivity index (χ2v) is 9.76. The monoisotopic (exact) mass is 343 g/mol. The highest BCUT2D eigenvalue weighted by Crippen LogP contribution is 2.52. The summed E-state index contributed by atoms with van der Waals surface area (Å²) in [5.74, 6) is 1.41. The normalized spacial score (nSPS) is 27.6. The van der Waals surface area contributed by atoms with E-state index in [4.69, 9.17) is 4.74 Å². The van der Waals surface area contributed by atoms with Crippen molar-refractivity contribution in [2.45, 2.75) is 72.8 Å². The van der Waals surface area contributed by atoms with Gasteiger partial charge in [0.1, 0.15) is 5.75 Å². The molecule has 2 aliphatic rings. The summed E-state index contributed by atoms with van der Waals surface area (Å²) in [6, 6.07) is 6.66. The number of likely N-dealkylation sites (tertiary alicyclic amines) is 1. The number of carbonyl (C=O) groups is 1. The number of amides is 1. The number of carbonyl (C=O) groups excluding carboxylic acids is 1. The molecule has 3 nitrogen and oxygen atoms in total. The predicted octanol–water partition coefficient (Wildman–Crippen LogP) is 4.92. The molecule has 2 unspecified atom stereocenters. The lowest BCUT2D eigenvalue weighted by Gasteiger charge is -2.39. The first-order valence-electron chi connectivity index (χ1n) is 9.61. The molecule has 2 atom stereocenters. The van der Waals surface area contributed by atoms with Crippen LogP contribution in [-0.2, 0) is 4.79 Å². The van der Waals surface area contributed by atoms with Gasteiger partial charge in [-0.1, -0.05) is 40.7 Å². The summed E-state index contributed by atoms with van der Waals surface area (Å²) in [6.07, 6.45) is 3.46. The van der Waals surface area contributed by atoms with Gasteiger partial charge in [-0.3, -0.25) is 4.79 Å². The Bertz CT molecular complexity index is 664. The van der Waals surface area contributed by atoms with Crippen molar-refractivity contribution in [1.29, 1.82) is 0 Å². The molecule has 3 heteroatoms. The first-order valence-corrected chi connectivity index (χ1v) is 9.61. The molecule has 0 spiro atoms. The SMILES string of the molecule is Cc1cc(OCC(=O)N2CC3(C)CC2CC(C)(C)C3)cc(C(C)C)c1. The van der Waals surface area contributed by atoms with Crippen LogP contribution in [0.4, 0.5) is 0 Å². The molecule has 1 amide bonds. The third-order valence-electron chi connectivity index (χ3n) is 5.84. The van der Waals surface area contributed by atoms with Gasteiger partial charge < -0.3 is 9.64 Å². The second kappa shape index (κ2) is 6.34. The van der Waals surface area contributed by atoms with Gasteiger partial charge in [-0.25, -0.2) is 0 Å². The van der Waals surface area contributed by atoms with Crippen LogP contribution in [-0.4, -0.2) is 30.0 Å². The molecule has 1 saturated heterocycles. The maximum absolute atomic E-state index is 12.8. The van der Waals surface area contributed by atoms with E-state index >= 15 is 0 Å². The maximum atomic E-state index is 12.8. The third kappa shape index (κ3) is 4.02. The molecule has 3 rings (SSSR count). The molecule has 2 fully saturated rings. The summed E-state index contributed by atoms with van der Waals surface area (Å²) in [5, 5.41) is 0. The van der Waals surface area contributed by atoms with Gasteiger partial charge in [0.05, 0.1) is 0 Å². The van der Waals surface area contributed by atoms with Gasteiger partial charge in [-0.2, -0.15) is 0 Å². The first kappa shape index (κ1) is 18.3. The number of hydrogen-bond donors (Lipinski definition) is 0. The molecule has 0 aromatic heterocycles. The van der Waals surface area contributed by atoms with Crippen LogP contribution in [0.15, 0.2) is 18.2 Å². The number of nitrogens with zero attached hydrogens (tertiary/aromatic N) is 1. The Kier molecular flexibility index (Phi) is 4.63. The van der Waals surface area contributed by atoms with E-state index in [0.717, 1.165) is 25.1 Å². The average molecular weight is 344 g/mol. The Morgan fingerprint density at radius 2 is 1.96 bits per heavy atom. The Balaban J connectivity index is 1.66. The van der Waals surface area contributed by atoms with Crippen LogP contribution in [0.2, 0.25) is 0 Å². The smallest absolute Gasteiger partial charge is 0.260 e. The molecule has 1 heterocycles. The quantitative estimate of drug-likeness (QED) is 0.776. The number of aryl methyl sites for hydroxylation is 1. The minimum absolute atomic E-state index is 0.138. The number of hydrogen-bond acceptors (Lipinski definition) is 2. The summed E-state index contributed by atoms with van der Waals surface area (Å²) in [4.78, 5) is 14.9. The zero-order chi connectivity index (χ0) is 18.4. The van der Waals surface area contributed by atoms with E-state index in [1.807, 2.05) is 6.07 Å². The predicted molar refractivity (Wildman–Crippen MR) is 102 cm³/mol. The summed E-state index contributed by atoms with van der Waals surface area (Å²) in [5.41, 5.74) is 3.04. The topological polar surface area (TPSA) is 29.5 Å². The van der Waals surface area contributed by atoms with Crippen molar-refractivity contribution in [1.82, 2.24) is 4.90 Å². The van der Waals surface area contributed by atoms with Gasteiger partial charge in [-0.05, 0) is 66.2 Å². The summed E-state index contributed by atoms with van der Waals surface area (Å²) in [6.45, 7) is 14.5. The zero-order valence-electron chi connectivity index (χ0n) is 16.7. The maximum Gasteiger partial charge on any atom is 0.260 e. The molecule has 0 radical (unpaired) electrons. The van der Waals surface area contributed by atoms with E-state index in [-0.39, 0.29) is 17.9 Å². The fourth-order valence-electron chi connectivity index (χ4n) is 5.17. The number of fused-ring (bicyclic) bond motifs is 2. The lowest BCUT2D eigenvalue weighted by Crippen LogP contribution is -2.40. The zero-order valence-corrected chi connectivity index (χ0v) is 16.7. The highest BCUT2D eigenvalue weighted by Gasteiger charge is 2.50. The first-order chi connectivity index (χ1) is 11.6. The van der Waals surface area contributed by atoms with E-state index in [0.29, 0.717) is 17.4 Å². The lowest BCUT2D eigenvalue weighted by molar-refractivity contribution is -0.134. The van der Waals surface area contributed by atoms with E-state index in [2.05, 4.69) is 58.6 Å². The molecule has 0 N–H and O–H groups in total. The van der Waals surface area contributed by atoms with Gasteiger partial charge in [-0.15, -0.1) is 0 Å². The fraction of sp³-hybridized carbons (Fsp3) is 0.682. The van der Waals surface area contributed by atoms with Crippen LogP contribution in [0, 0.1) is 17.8 Å². The van der Waals surface area contributed by atoms with Crippen molar-refractivity contribution in [3.63, 3.8) is 0 Å². The van der Waals surface area contributed by atoms with Crippen LogP contribution in [0.3, 0.4) is 0 Å². The summed E-state index contributed by atoms with van der Waals surface area (Å²) < 4.78 is 5.89. The standard InChI is InChI=1S/C22H33NO2/c1-15(2)17-7-16(3)8-19(9-17)25-12-20(24)23-14-22(6)11-18(23)10-21(4,5)13-22/h7-9,15,18H,10-14H2,1-6H3. The number of rotatable bonds is 4. The Hall–Kier alpha value is -1.51. The van der Waals surface area contributed by atoms with Crippen LogP contribution >= 0.6 is 0 Å². The van der Waals surface area contributed by atoms with Gasteiger partial charge in [0.25, 0.3) is 5.91 Å². The van der Waals surface area contributed by atoms with Crippen molar-refractivity contribution in [2.75, 3.05) is 13.2 Å². The Morgan fingerprint density at radius 1 is 1.24 bits per heavy atom. The fourth-order valence-corrected chi connectivity index (χ4v) is 5.17. The molecule has 25 heavy (non-hydrogen) atoms. The van der Waals surface area contributed by atoms with E-state index in [1.54, 1.807) is 0 Å². The van der Waals surface area contributed by atoms with Crippen LogP contribution in [0.5, 0.6) is 5.75 Å². The largest absolute Gasteiger partial charge is 0.484 e. The number of benzene rings is 1. The van der Waals surface area contributed by atoms with E-state index < -0.39 is 0 Å². The highest BCUT2D eigenvalue weighted by atomic mass is 16.5. The number of ether oxygens (including phenoxy) is 1. The van der Waals surface area contributed by atoms with Crippen molar-refractivity contribution in [2.24, 2.45) is 10.8 Å². The van der Waals surface area contributed by atoms with Crippen LogP contribution in [0.1, 0.15) is 70.9 Å². The lowest BCUT2D eigenvalue weighted by atomic mass is 9.65. The minimum atomic E-state index is 0.138. The Morgan fingerprint density at radius 3 is 2.64 bits per heavy atom. The highest BCUT2D eigenvalue weighted by molar-refractivity contribution is 5.78. The molecular formula is C22H33NO2. The summed E-state index contributed by atoms with van der Waals surface area (Å²) >= 11 is 0. The summed E-state index contributed by atoms with van der Waals surface area (Å²) in [7, 11) is 0. The van der Waals surface area contributed by atoms with Gasteiger partial charge >= 0.3 is 0 Å². The van der Waals surface area contributed by atoms with Gasteiger partial charge in [0, 0.05) is 12.6 Å². The molecule has 1 aromatic rings.